The molecule has 0 aliphatic carbocycles. The highest BCUT2D eigenvalue weighted by Crippen LogP contribution is 2.30. The number of morpholine rings is 1. The van der Waals surface area contributed by atoms with Crippen LogP contribution >= 0.6 is 11.8 Å². The van der Waals surface area contributed by atoms with Crippen molar-refractivity contribution in [3.63, 3.8) is 0 Å². The van der Waals surface area contributed by atoms with E-state index >= 15 is 0 Å². The summed E-state index contributed by atoms with van der Waals surface area (Å²) >= 11 is 1.51. The van der Waals surface area contributed by atoms with E-state index in [1.165, 1.54) is 30.1 Å². The second-order valence-corrected chi connectivity index (χ2v) is 12.1. The number of nitrogens with zero attached hydrogens (tertiary/aromatic N) is 7. The number of pyridine rings is 1. The van der Waals surface area contributed by atoms with Crippen LogP contribution in [-0.2, 0) is 11.3 Å². The number of piperidine rings is 1. The van der Waals surface area contributed by atoms with Crippen molar-refractivity contribution >= 4 is 35.5 Å². The van der Waals surface area contributed by atoms with Crippen LogP contribution in [-0.4, -0.2) is 103 Å². The monoisotopic (exact) mass is 644 g/mol. The summed E-state index contributed by atoms with van der Waals surface area (Å²) in [6, 6.07) is 17.0. The average Bonchev–Trinajstić information content (AvgIpc) is 3.55. The van der Waals surface area contributed by atoms with Crippen molar-refractivity contribution in [2.24, 2.45) is 0 Å². The number of carbonyl (C=O) groups is 3. The molecule has 6 rings (SSSR count). The smallest absolute Gasteiger partial charge is 0.415 e. The summed E-state index contributed by atoms with van der Waals surface area (Å²) in [6.45, 7) is 5.10. The highest BCUT2D eigenvalue weighted by Gasteiger charge is 2.27. The Morgan fingerprint density at radius 3 is 2.33 bits per heavy atom. The van der Waals surface area contributed by atoms with Crippen molar-refractivity contribution in [1.82, 2.24) is 35.0 Å². The average molecular weight is 645 g/mol. The molecule has 2 N–H and O–H groups in total. The number of carboxylic acids is 1. The van der Waals surface area contributed by atoms with E-state index in [0.717, 1.165) is 38.4 Å². The van der Waals surface area contributed by atoms with Gasteiger partial charge in [-0.05, 0) is 77.4 Å². The number of tetrazole rings is 1. The van der Waals surface area contributed by atoms with Crippen molar-refractivity contribution in [3.05, 3.63) is 83.6 Å². The van der Waals surface area contributed by atoms with Crippen molar-refractivity contribution in [2.45, 2.75) is 29.8 Å². The maximum Gasteiger partial charge on any atom is 0.415 e. The van der Waals surface area contributed by atoms with Gasteiger partial charge in [-0.1, -0.05) is 23.9 Å². The van der Waals surface area contributed by atoms with Gasteiger partial charge in [0.15, 0.2) is 5.75 Å². The zero-order chi connectivity index (χ0) is 31.9. The van der Waals surface area contributed by atoms with E-state index in [0.29, 0.717) is 48.2 Å². The summed E-state index contributed by atoms with van der Waals surface area (Å²) in [6.07, 6.45) is 2.36. The number of benzene rings is 2. The van der Waals surface area contributed by atoms with Gasteiger partial charge in [0.2, 0.25) is 5.16 Å². The van der Waals surface area contributed by atoms with Gasteiger partial charge in [0, 0.05) is 43.5 Å². The number of hydrogen-bond acceptors (Lipinski definition) is 11. The molecule has 2 saturated heterocycles. The molecule has 0 atom stereocenters. The van der Waals surface area contributed by atoms with Crippen molar-refractivity contribution < 1.29 is 29.0 Å². The van der Waals surface area contributed by atoms with Gasteiger partial charge in [0.25, 0.3) is 5.91 Å². The van der Waals surface area contributed by atoms with E-state index < -0.39 is 12.1 Å². The number of amides is 2. The van der Waals surface area contributed by atoms with Crippen LogP contribution in [0.5, 0.6) is 5.75 Å². The zero-order valence-electron chi connectivity index (χ0n) is 24.8. The minimum Gasteiger partial charge on any atom is -0.478 e. The highest BCUT2D eigenvalue weighted by molar-refractivity contribution is 7.99. The molecule has 0 bridgehead atoms. The van der Waals surface area contributed by atoms with E-state index in [2.05, 4.69) is 30.7 Å². The second-order valence-electron chi connectivity index (χ2n) is 10.8. The number of anilines is 1. The molecule has 2 aliphatic rings. The van der Waals surface area contributed by atoms with Gasteiger partial charge in [0.05, 0.1) is 30.7 Å². The minimum absolute atomic E-state index is 0.178. The van der Waals surface area contributed by atoms with E-state index in [1.54, 1.807) is 46.0 Å². The molecule has 0 saturated carbocycles. The molecule has 2 aromatic heterocycles. The summed E-state index contributed by atoms with van der Waals surface area (Å²) in [5, 5.41) is 24.6. The maximum absolute atomic E-state index is 12.8. The van der Waals surface area contributed by atoms with Crippen molar-refractivity contribution in [3.8, 4) is 11.4 Å². The maximum atomic E-state index is 12.8. The fraction of sp³-hybridized carbons (Fsp3) is 0.323. The van der Waals surface area contributed by atoms with E-state index in [9.17, 15) is 14.4 Å². The predicted molar refractivity (Wildman–Crippen MR) is 167 cm³/mol. The van der Waals surface area contributed by atoms with E-state index in [1.807, 2.05) is 12.1 Å². The Morgan fingerprint density at radius 1 is 0.935 bits per heavy atom. The number of rotatable bonds is 9. The van der Waals surface area contributed by atoms with Gasteiger partial charge in [0.1, 0.15) is 5.82 Å². The lowest BCUT2D eigenvalue weighted by atomic mass is 10.1. The molecule has 15 heteroatoms. The molecule has 14 nitrogen and oxygen atoms in total. The Kier molecular flexibility index (Phi) is 9.81. The quantitative estimate of drug-likeness (QED) is 0.272. The van der Waals surface area contributed by atoms with Crippen LogP contribution in [0.25, 0.3) is 5.69 Å². The van der Waals surface area contributed by atoms with Crippen LogP contribution in [0.15, 0.2) is 72.0 Å². The predicted octanol–water partition coefficient (Wildman–Crippen LogP) is 3.60. The van der Waals surface area contributed by atoms with Gasteiger partial charge in [-0.25, -0.2) is 14.6 Å². The van der Waals surface area contributed by atoms with Crippen LogP contribution in [0.2, 0.25) is 0 Å². The minimum atomic E-state index is -1.00. The molecule has 2 aromatic carbocycles. The fourth-order valence-corrected chi connectivity index (χ4v) is 6.18. The largest absolute Gasteiger partial charge is 0.478 e. The first kappa shape index (κ1) is 31.1. The van der Waals surface area contributed by atoms with Crippen LogP contribution in [0, 0.1) is 0 Å². The molecule has 0 radical (unpaired) electrons. The molecule has 2 fully saturated rings. The second kappa shape index (κ2) is 14.5. The SMILES string of the molecule is O=C(O)c1ccc(-n2nnnc2SC2CCN(C(=O)Oc3ccc(NC(=O)c4ccc(CN5CCOCC5)cc4)nc3)CC2)cc1. The summed E-state index contributed by atoms with van der Waals surface area (Å²) in [7, 11) is 0. The topological polar surface area (TPSA) is 165 Å². The van der Waals surface area contributed by atoms with Crippen LogP contribution in [0.4, 0.5) is 10.6 Å². The Labute approximate surface area is 268 Å². The lowest BCUT2D eigenvalue weighted by Crippen LogP contribution is -2.41. The number of nitrogens with one attached hydrogen (secondary N) is 1. The molecule has 0 spiro atoms. The molecule has 238 valence electrons. The lowest BCUT2D eigenvalue weighted by Gasteiger charge is -2.30. The third-order valence-corrected chi connectivity index (χ3v) is 8.95. The van der Waals surface area contributed by atoms with Crippen LogP contribution < -0.4 is 10.1 Å². The molecule has 0 unspecified atom stereocenters. The summed E-state index contributed by atoms with van der Waals surface area (Å²) in [5.41, 5.74) is 2.50. The number of carbonyl (C=O) groups excluding carboxylic acids is 2. The Balaban J connectivity index is 0.951. The van der Waals surface area contributed by atoms with Gasteiger partial charge < -0.3 is 24.8 Å². The molecule has 4 heterocycles. The van der Waals surface area contributed by atoms with Crippen molar-refractivity contribution in [1.29, 1.82) is 0 Å². The Bertz CT molecular complexity index is 1650. The summed E-state index contributed by atoms with van der Waals surface area (Å²) < 4.78 is 12.5. The van der Waals surface area contributed by atoms with E-state index in [4.69, 9.17) is 14.6 Å². The standard InChI is InChI=1S/C31H32N8O6S/c40-28(22-3-1-21(2-4-22)20-37-15-17-44-18-16-37)33-27-10-9-25(19-32-27)45-31(43)38-13-11-26(12-14-38)46-30-34-35-36-39(30)24-7-5-23(6-8-24)29(41)42/h1-10,19,26H,11-18,20H2,(H,41,42)(H,32,33,40). The molecule has 2 aliphatic heterocycles. The zero-order valence-corrected chi connectivity index (χ0v) is 25.6. The Hall–Kier alpha value is -4.86. The highest BCUT2D eigenvalue weighted by atomic mass is 32.2. The van der Waals surface area contributed by atoms with Gasteiger partial charge in [-0.15, -0.1) is 5.10 Å². The first-order valence-corrected chi connectivity index (χ1v) is 15.7. The summed E-state index contributed by atoms with van der Waals surface area (Å²) in [4.78, 5) is 44.9. The van der Waals surface area contributed by atoms with Gasteiger partial charge in [-0.2, -0.15) is 4.68 Å². The first-order chi connectivity index (χ1) is 22.4. The lowest BCUT2D eigenvalue weighted by molar-refractivity contribution is 0.0342. The number of hydrogen-bond donors (Lipinski definition) is 2. The van der Waals surface area contributed by atoms with Gasteiger partial charge >= 0.3 is 12.1 Å². The number of thioether (sulfide) groups is 1. The number of aromatic nitrogens is 5. The number of carboxylic acid groups (broad SMARTS) is 1. The molecule has 4 aromatic rings. The number of ether oxygens (including phenoxy) is 2. The third-order valence-electron chi connectivity index (χ3n) is 7.68. The summed E-state index contributed by atoms with van der Waals surface area (Å²) in [5.74, 6) is -0.654. The first-order valence-electron chi connectivity index (χ1n) is 14.8. The number of aromatic carboxylic acids is 1. The van der Waals surface area contributed by atoms with Crippen LogP contribution in [0.1, 0.15) is 39.1 Å². The Morgan fingerprint density at radius 2 is 1.65 bits per heavy atom. The number of likely N-dealkylation sites (tertiary alicyclic amines) is 1. The fourth-order valence-electron chi connectivity index (χ4n) is 5.11. The molecular weight excluding hydrogens is 612 g/mol. The van der Waals surface area contributed by atoms with Crippen molar-refractivity contribution in [2.75, 3.05) is 44.7 Å². The van der Waals surface area contributed by atoms with E-state index in [-0.39, 0.29) is 22.5 Å². The molecule has 46 heavy (non-hydrogen) atoms. The third kappa shape index (κ3) is 7.85. The normalized spacial score (nSPS) is 15.8. The van der Waals surface area contributed by atoms with Gasteiger partial charge in [-0.3, -0.25) is 9.69 Å². The molecular formula is C31H32N8O6S. The molecule has 2 amide bonds. The van der Waals surface area contributed by atoms with Crippen LogP contribution in [0.3, 0.4) is 0 Å².